The van der Waals surface area contributed by atoms with Crippen LogP contribution in [0, 0.1) is 18.8 Å². The monoisotopic (exact) mass is 580 g/mol. The van der Waals surface area contributed by atoms with Crippen molar-refractivity contribution in [3.05, 3.63) is 63.6 Å². The number of nitrogens with one attached hydrogen (secondary N) is 4. The van der Waals surface area contributed by atoms with Gasteiger partial charge in [-0.1, -0.05) is 58.0 Å². The van der Waals surface area contributed by atoms with E-state index in [9.17, 15) is 14.4 Å². The molecule has 2 bridgehead atoms. The number of carbonyl (C=O) groups is 3. The number of rotatable bonds is 5. The number of aryl methyl sites for hydroxylation is 1. The first-order chi connectivity index (χ1) is 19.6. The minimum atomic E-state index is -0.559. The van der Waals surface area contributed by atoms with Gasteiger partial charge in [-0.2, -0.15) is 5.10 Å². The average molecular weight is 581 g/mol. The molecule has 12 heteroatoms. The first-order valence-corrected chi connectivity index (χ1v) is 15.0. The van der Waals surface area contributed by atoms with Gasteiger partial charge < -0.3 is 21.3 Å². The lowest BCUT2D eigenvalue weighted by Crippen LogP contribution is -2.48. The van der Waals surface area contributed by atoms with Gasteiger partial charge in [0.1, 0.15) is 23.1 Å². The van der Waals surface area contributed by atoms with Gasteiger partial charge in [-0.15, -0.1) is 11.3 Å². The average Bonchev–Trinajstić information content (AvgIpc) is 3.54. The largest absolute Gasteiger partial charge is 0.350 e. The fraction of sp³-hybridized carbons (Fsp3) is 0.517. The topological polar surface area (TPSA) is 143 Å². The highest BCUT2D eigenvalue weighted by atomic mass is 32.1. The molecule has 1 aromatic carbocycles. The van der Waals surface area contributed by atoms with E-state index in [0.29, 0.717) is 42.0 Å². The molecule has 0 saturated carbocycles. The van der Waals surface area contributed by atoms with E-state index in [1.807, 2.05) is 44.2 Å². The summed E-state index contributed by atoms with van der Waals surface area (Å²) in [6.45, 7) is 10.4. The Morgan fingerprint density at radius 2 is 1.73 bits per heavy atom. The van der Waals surface area contributed by atoms with Gasteiger partial charge in [0.05, 0.1) is 18.6 Å². The molecule has 4 rings (SSSR count). The molecule has 4 N–H and O–H groups in total. The Balaban J connectivity index is 1.71. The summed E-state index contributed by atoms with van der Waals surface area (Å²) in [6.07, 6.45) is 1.14. The van der Waals surface area contributed by atoms with Crippen LogP contribution in [0.2, 0.25) is 0 Å². The smallest absolute Gasteiger partial charge is 0.271 e. The number of fused-ring (bicyclic) bond motifs is 3. The Kier molecular flexibility index (Phi) is 10.2. The van der Waals surface area contributed by atoms with E-state index in [2.05, 4.69) is 50.2 Å². The zero-order valence-corrected chi connectivity index (χ0v) is 25.1. The molecule has 0 fully saturated rings. The summed E-state index contributed by atoms with van der Waals surface area (Å²) in [6, 6.07) is 8.71. The van der Waals surface area contributed by atoms with Gasteiger partial charge in [0.2, 0.25) is 11.8 Å². The first kappa shape index (κ1) is 30.3. The number of amides is 3. The summed E-state index contributed by atoms with van der Waals surface area (Å²) in [4.78, 5) is 48.8. The molecule has 41 heavy (non-hydrogen) atoms. The van der Waals surface area contributed by atoms with Crippen LogP contribution >= 0.6 is 11.3 Å². The maximum absolute atomic E-state index is 13.5. The zero-order valence-electron chi connectivity index (χ0n) is 24.3. The van der Waals surface area contributed by atoms with Gasteiger partial charge in [-0.05, 0) is 37.2 Å². The number of nitrogens with zero attached hydrogens (tertiary/aromatic N) is 4. The normalized spacial score (nSPS) is 21.0. The minimum Gasteiger partial charge on any atom is -0.350 e. The molecule has 11 nitrogen and oxygen atoms in total. The molecule has 0 aliphatic carbocycles. The van der Waals surface area contributed by atoms with E-state index < -0.39 is 6.04 Å². The third kappa shape index (κ3) is 8.43. The van der Waals surface area contributed by atoms with Crippen LogP contribution in [0.1, 0.15) is 78.9 Å². The molecule has 3 heterocycles. The van der Waals surface area contributed by atoms with Crippen molar-refractivity contribution in [1.29, 1.82) is 0 Å². The highest BCUT2D eigenvalue weighted by Gasteiger charge is 2.27. The van der Waals surface area contributed by atoms with Crippen molar-refractivity contribution in [3.63, 3.8) is 0 Å². The van der Waals surface area contributed by atoms with E-state index in [-0.39, 0.29) is 54.5 Å². The highest BCUT2D eigenvalue weighted by Crippen LogP contribution is 2.25. The van der Waals surface area contributed by atoms with Gasteiger partial charge in [-0.3, -0.25) is 14.4 Å². The van der Waals surface area contributed by atoms with Crippen LogP contribution < -0.4 is 21.3 Å². The van der Waals surface area contributed by atoms with Crippen molar-refractivity contribution in [2.45, 2.75) is 72.1 Å². The van der Waals surface area contributed by atoms with Crippen LogP contribution in [0.3, 0.4) is 0 Å². The number of carbonyl (C=O) groups excluding carboxylic acids is 3. The molecule has 3 atom stereocenters. The van der Waals surface area contributed by atoms with Crippen LogP contribution in [-0.4, -0.2) is 56.6 Å². The summed E-state index contributed by atoms with van der Waals surface area (Å²) in [5, 5.41) is 19.3. The van der Waals surface area contributed by atoms with E-state index in [1.165, 1.54) is 11.3 Å². The third-order valence-corrected chi connectivity index (χ3v) is 7.85. The van der Waals surface area contributed by atoms with Crippen molar-refractivity contribution in [3.8, 4) is 0 Å². The van der Waals surface area contributed by atoms with Crippen molar-refractivity contribution in [2.24, 2.45) is 11.8 Å². The Morgan fingerprint density at radius 1 is 0.976 bits per heavy atom. The molecule has 2 aromatic heterocycles. The minimum absolute atomic E-state index is 0.0568. The lowest BCUT2D eigenvalue weighted by atomic mass is 10.0. The Bertz CT molecular complexity index is 1340. The highest BCUT2D eigenvalue weighted by molar-refractivity contribution is 7.09. The van der Waals surface area contributed by atoms with Gasteiger partial charge in [0, 0.05) is 18.0 Å². The van der Waals surface area contributed by atoms with Crippen molar-refractivity contribution >= 4 is 29.1 Å². The van der Waals surface area contributed by atoms with Crippen LogP contribution in [0.25, 0.3) is 0 Å². The summed E-state index contributed by atoms with van der Waals surface area (Å²) in [5.41, 5.74) is 1.27. The molecule has 1 aliphatic rings. The molecule has 220 valence electrons. The molecule has 1 aliphatic heterocycles. The molecule has 3 aromatic rings. The quantitative estimate of drug-likeness (QED) is 0.363. The van der Waals surface area contributed by atoms with Crippen LogP contribution in [-0.2, 0) is 22.6 Å². The first-order valence-electron chi connectivity index (χ1n) is 14.1. The second-order valence-electron chi connectivity index (χ2n) is 11.3. The summed E-state index contributed by atoms with van der Waals surface area (Å²) in [7, 11) is 0. The third-order valence-electron chi connectivity index (χ3n) is 6.90. The van der Waals surface area contributed by atoms with Crippen molar-refractivity contribution in [1.82, 2.24) is 41.0 Å². The van der Waals surface area contributed by atoms with E-state index >= 15 is 0 Å². The predicted octanol–water partition coefficient (Wildman–Crippen LogP) is 2.70. The fourth-order valence-electron chi connectivity index (χ4n) is 4.81. The number of hydrogen-bond donors (Lipinski definition) is 4. The Hall–Kier alpha value is -3.64. The van der Waals surface area contributed by atoms with Crippen LogP contribution in [0.4, 0.5) is 0 Å². The molecular formula is C29H40N8O3S. The van der Waals surface area contributed by atoms with Gasteiger partial charge >= 0.3 is 0 Å². The number of thiazole rings is 1. The number of benzene rings is 1. The van der Waals surface area contributed by atoms with E-state index in [1.54, 1.807) is 17.0 Å². The Morgan fingerprint density at radius 3 is 2.44 bits per heavy atom. The second kappa shape index (κ2) is 13.8. The van der Waals surface area contributed by atoms with Crippen molar-refractivity contribution < 1.29 is 14.4 Å². The van der Waals surface area contributed by atoms with E-state index in [4.69, 9.17) is 0 Å². The molecule has 3 amide bonds. The maximum atomic E-state index is 13.5. The van der Waals surface area contributed by atoms with Gasteiger partial charge in [0.15, 0.2) is 5.82 Å². The molecule has 0 unspecified atom stereocenters. The standard InChI is InChI=1S/C29H40N8O3S/c1-17(2)11-22-29-35-24(16-41-29)28(40)34-21(12-20-9-7-6-8-10-20)27-31-19(5)36-37(27)15-26(39)33-23(18(3)4)13-30-14-25(38)32-22/h6-10,16-18,21-23,30H,11-15H2,1-5H3,(H,32,38)(H,33,39)(H,34,40)/t21-,22-,23+/m0/s1. The molecule has 0 saturated heterocycles. The fourth-order valence-corrected chi connectivity index (χ4v) is 5.67. The predicted molar refractivity (Wildman–Crippen MR) is 157 cm³/mol. The number of aromatic nitrogens is 4. The Labute approximate surface area is 244 Å². The van der Waals surface area contributed by atoms with Crippen LogP contribution in [0.5, 0.6) is 0 Å². The van der Waals surface area contributed by atoms with Crippen LogP contribution in [0.15, 0.2) is 35.7 Å². The molecule has 0 spiro atoms. The lowest BCUT2D eigenvalue weighted by molar-refractivity contribution is -0.122. The maximum Gasteiger partial charge on any atom is 0.271 e. The SMILES string of the molecule is Cc1nc2n(n1)CC(=O)N[C@@H](C(C)C)CNCC(=O)N[C@@H](CC(C)C)c1nc(cs1)C(=O)N[C@H]2Cc1ccccc1. The second-order valence-corrected chi connectivity index (χ2v) is 12.1. The zero-order chi connectivity index (χ0) is 29.5. The summed E-state index contributed by atoms with van der Waals surface area (Å²) >= 11 is 1.36. The molecular weight excluding hydrogens is 540 g/mol. The number of hydrogen-bond acceptors (Lipinski definition) is 8. The summed E-state index contributed by atoms with van der Waals surface area (Å²) < 4.78 is 1.56. The molecule has 0 radical (unpaired) electrons. The van der Waals surface area contributed by atoms with E-state index in [0.717, 1.165) is 5.56 Å². The van der Waals surface area contributed by atoms with Crippen molar-refractivity contribution in [2.75, 3.05) is 13.1 Å². The van der Waals surface area contributed by atoms with Gasteiger partial charge in [-0.25, -0.2) is 14.6 Å². The lowest BCUT2D eigenvalue weighted by Gasteiger charge is -2.24. The summed E-state index contributed by atoms with van der Waals surface area (Å²) in [5.74, 6) is 0.677. The van der Waals surface area contributed by atoms with Gasteiger partial charge in [0.25, 0.3) is 5.91 Å².